The van der Waals surface area contributed by atoms with Crippen LogP contribution >= 0.6 is 0 Å². The zero-order valence-electron chi connectivity index (χ0n) is 17.9. The summed E-state index contributed by atoms with van der Waals surface area (Å²) < 4.78 is 18.6. The van der Waals surface area contributed by atoms with E-state index in [1.54, 1.807) is 48.5 Å². The molecule has 2 aromatic rings. The van der Waals surface area contributed by atoms with Crippen LogP contribution in [0, 0.1) is 0 Å². The zero-order valence-corrected chi connectivity index (χ0v) is 18.7. The summed E-state index contributed by atoms with van der Waals surface area (Å²) in [5.41, 5.74) is 3.22. The van der Waals surface area contributed by atoms with Crippen molar-refractivity contribution >= 4 is 39.7 Å². The molecule has 1 aliphatic rings. The van der Waals surface area contributed by atoms with Crippen molar-refractivity contribution in [3.63, 3.8) is 0 Å². The molecule has 9 heteroatoms. The number of rotatable bonds is 6. The van der Waals surface area contributed by atoms with Gasteiger partial charge in [0.15, 0.2) is 11.0 Å². The number of ether oxygens (including phenoxy) is 1. The maximum atomic E-state index is 13.2. The summed E-state index contributed by atoms with van der Waals surface area (Å²) in [6.45, 7) is 8.02. The van der Waals surface area contributed by atoms with E-state index < -0.39 is 33.4 Å². The van der Waals surface area contributed by atoms with Gasteiger partial charge in [0.05, 0.1) is 28.0 Å². The number of hydrazone groups is 1. The van der Waals surface area contributed by atoms with Crippen LogP contribution in [0.1, 0.15) is 27.7 Å². The summed E-state index contributed by atoms with van der Waals surface area (Å²) in [6, 6.07) is 13.6. The van der Waals surface area contributed by atoms with Crippen molar-refractivity contribution in [1.82, 2.24) is 5.43 Å². The number of carbonyl (C=O) groups excluding carboxylic acids is 2. The highest BCUT2D eigenvalue weighted by molar-refractivity contribution is 7.88. The Balaban J connectivity index is 1.92. The molecule has 1 heterocycles. The van der Waals surface area contributed by atoms with Gasteiger partial charge >= 0.3 is 0 Å². The monoisotopic (exact) mass is 442 g/mol. The van der Waals surface area contributed by atoms with Gasteiger partial charge in [-0.25, -0.2) is 0 Å². The minimum absolute atomic E-state index is 0.158. The Hall–Kier alpha value is -3.20. The minimum Gasteiger partial charge on any atom is -0.494 e. The van der Waals surface area contributed by atoms with E-state index in [4.69, 9.17) is 4.74 Å². The summed E-state index contributed by atoms with van der Waals surface area (Å²) in [6.07, 6.45) is 0. The second-order valence-corrected chi connectivity index (χ2v) is 9.44. The number of hydrogen-bond donors (Lipinski definition) is 3. The Morgan fingerprint density at radius 3 is 2.48 bits per heavy atom. The van der Waals surface area contributed by atoms with Crippen molar-refractivity contribution in [3.05, 3.63) is 48.5 Å². The normalized spacial score (nSPS) is 18.6. The first kappa shape index (κ1) is 22.5. The average Bonchev–Trinajstić information content (AvgIpc) is 2.71. The van der Waals surface area contributed by atoms with E-state index in [0.717, 1.165) is 0 Å². The predicted octanol–water partition coefficient (Wildman–Crippen LogP) is 2.90. The van der Waals surface area contributed by atoms with Gasteiger partial charge in [0.1, 0.15) is 5.75 Å². The second kappa shape index (κ2) is 9.30. The van der Waals surface area contributed by atoms with Gasteiger partial charge in [-0.2, -0.15) is 5.10 Å². The van der Waals surface area contributed by atoms with Crippen molar-refractivity contribution in [2.45, 2.75) is 43.4 Å². The predicted molar refractivity (Wildman–Crippen MR) is 122 cm³/mol. The van der Waals surface area contributed by atoms with Gasteiger partial charge in [0, 0.05) is 11.2 Å². The molecule has 2 unspecified atom stereocenters. The number of fused-ring (bicyclic) bond motifs is 1. The van der Waals surface area contributed by atoms with Crippen molar-refractivity contribution in [1.29, 1.82) is 0 Å². The van der Waals surface area contributed by atoms with Crippen LogP contribution in [0.5, 0.6) is 5.75 Å². The third kappa shape index (κ3) is 5.49. The molecule has 0 bridgehead atoms. The average molecular weight is 443 g/mol. The Morgan fingerprint density at radius 1 is 1.16 bits per heavy atom. The minimum atomic E-state index is -1.79. The fraction of sp³-hybridized carbons (Fsp3) is 0.318. The fourth-order valence-electron chi connectivity index (χ4n) is 2.85. The molecule has 0 spiro atoms. The van der Waals surface area contributed by atoms with Crippen molar-refractivity contribution in [2.24, 2.45) is 5.10 Å². The van der Waals surface area contributed by atoms with Crippen LogP contribution in [0.4, 0.5) is 11.4 Å². The van der Waals surface area contributed by atoms with Crippen molar-refractivity contribution < 1.29 is 18.5 Å². The van der Waals surface area contributed by atoms with E-state index in [0.29, 0.717) is 28.6 Å². The molecule has 3 rings (SSSR count). The highest BCUT2D eigenvalue weighted by Gasteiger charge is 2.40. The van der Waals surface area contributed by atoms with Crippen molar-refractivity contribution in [2.75, 3.05) is 17.2 Å². The number of benzene rings is 2. The number of nitrogens with zero attached hydrogens (tertiary/aromatic N) is 1. The smallest absolute Gasteiger partial charge is 0.273 e. The highest BCUT2D eigenvalue weighted by Crippen LogP contribution is 2.28. The van der Waals surface area contributed by atoms with E-state index in [2.05, 4.69) is 21.2 Å². The Labute approximate surface area is 183 Å². The largest absolute Gasteiger partial charge is 0.494 e. The number of para-hydroxylation sites is 1. The van der Waals surface area contributed by atoms with Gasteiger partial charge in [-0.15, -0.1) is 0 Å². The molecule has 0 aliphatic carbocycles. The third-order valence-corrected chi connectivity index (χ3v) is 5.88. The summed E-state index contributed by atoms with van der Waals surface area (Å²) in [5.74, 6) is -0.490. The maximum Gasteiger partial charge on any atom is 0.273 e. The summed E-state index contributed by atoms with van der Waals surface area (Å²) >= 11 is 0. The molecular weight excluding hydrogens is 416 g/mol. The molecule has 8 nitrogen and oxygen atoms in total. The van der Waals surface area contributed by atoms with E-state index in [1.807, 2.05) is 27.7 Å². The van der Waals surface area contributed by atoms with Gasteiger partial charge in [-0.05, 0) is 64.1 Å². The molecule has 0 aromatic heterocycles. The molecule has 2 amide bonds. The van der Waals surface area contributed by atoms with Gasteiger partial charge in [-0.3, -0.25) is 13.8 Å². The van der Waals surface area contributed by atoms with Crippen LogP contribution in [0.25, 0.3) is 0 Å². The first-order valence-corrected chi connectivity index (χ1v) is 11.1. The molecule has 0 fully saturated rings. The van der Waals surface area contributed by atoms with Crippen LogP contribution in [-0.4, -0.2) is 39.1 Å². The lowest BCUT2D eigenvalue weighted by molar-refractivity contribution is -0.116. The van der Waals surface area contributed by atoms with Gasteiger partial charge in [0.2, 0.25) is 5.91 Å². The van der Waals surface area contributed by atoms with Crippen LogP contribution in [0.3, 0.4) is 0 Å². The summed E-state index contributed by atoms with van der Waals surface area (Å²) in [7, 11) is -1.79. The molecule has 164 valence electrons. The lowest BCUT2D eigenvalue weighted by atomic mass is 10.1. The lowest BCUT2D eigenvalue weighted by Gasteiger charge is -2.26. The maximum absolute atomic E-state index is 13.2. The fourth-order valence-corrected chi connectivity index (χ4v) is 4.26. The molecule has 0 radical (unpaired) electrons. The van der Waals surface area contributed by atoms with Crippen LogP contribution in [0.15, 0.2) is 58.5 Å². The first-order valence-electron chi connectivity index (χ1n) is 9.89. The second-order valence-electron chi connectivity index (χ2n) is 7.93. The van der Waals surface area contributed by atoms with E-state index in [1.165, 1.54) is 0 Å². The topological polar surface area (TPSA) is 109 Å². The quantitative estimate of drug-likeness (QED) is 0.471. The standard InChI is InChI=1S/C22H26N4O4S/c1-5-30-15-12-10-14(11-13-15)23-20(27)18(25-26-22(2,3)4)19-21(28)24-16-8-6-7-9-17(16)31(19)29/h6-13,19,26H,5H2,1-4H3,(H,23,27)(H,24,28)/b25-18+. The highest BCUT2D eigenvalue weighted by atomic mass is 32.2. The molecule has 1 aliphatic heterocycles. The molecule has 0 saturated carbocycles. The van der Waals surface area contributed by atoms with E-state index >= 15 is 0 Å². The Kier molecular flexibility index (Phi) is 6.74. The van der Waals surface area contributed by atoms with Gasteiger partial charge < -0.3 is 20.8 Å². The van der Waals surface area contributed by atoms with E-state index in [9.17, 15) is 13.8 Å². The number of hydrogen-bond acceptors (Lipinski definition) is 6. The molecule has 0 saturated heterocycles. The SMILES string of the molecule is CCOc1ccc(NC(=O)/C(=N/NC(C)(C)C)C2C(=O)Nc3ccccc3S2=O)cc1. The molecule has 2 aromatic carbocycles. The number of nitrogens with one attached hydrogen (secondary N) is 3. The number of amides is 2. The van der Waals surface area contributed by atoms with Gasteiger partial charge in [0.25, 0.3) is 5.91 Å². The Morgan fingerprint density at radius 2 is 1.84 bits per heavy atom. The Bertz CT molecular complexity index is 1030. The van der Waals surface area contributed by atoms with Crippen LogP contribution in [0.2, 0.25) is 0 Å². The molecular formula is C22H26N4O4S. The third-order valence-electron chi connectivity index (χ3n) is 4.23. The summed E-state index contributed by atoms with van der Waals surface area (Å²) in [5, 5.41) is 8.41. The molecule has 3 N–H and O–H groups in total. The number of carbonyl (C=O) groups is 2. The lowest BCUT2D eigenvalue weighted by Crippen LogP contribution is -2.48. The molecule has 31 heavy (non-hydrogen) atoms. The first-order chi connectivity index (χ1) is 14.7. The van der Waals surface area contributed by atoms with Crippen LogP contribution in [-0.2, 0) is 20.4 Å². The van der Waals surface area contributed by atoms with E-state index in [-0.39, 0.29) is 5.71 Å². The van der Waals surface area contributed by atoms with Crippen LogP contribution < -0.4 is 20.8 Å². The zero-order chi connectivity index (χ0) is 22.6. The van der Waals surface area contributed by atoms with Crippen molar-refractivity contribution in [3.8, 4) is 5.75 Å². The summed E-state index contributed by atoms with van der Waals surface area (Å²) in [4.78, 5) is 26.4. The number of anilines is 2. The molecule has 2 atom stereocenters. The van der Waals surface area contributed by atoms with Gasteiger partial charge in [-0.1, -0.05) is 12.1 Å².